The second-order valence-corrected chi connectivity index (χ2v) is 4.31. The van der Waals surface area contributed by atoms with Crippen LogP contribution in [0.3, 0.4) is 0 Å². The third kappa shape index (κ3) is 2.55. The Labute approximate surface area is 117 Å². The number of hydrogen-bond donors (Lipinski definition) is 1. The molecule has 0 saturated carbocycles. The number of aromatic nitrogens is 1. The van der Waals surface area contributed by atoms with Crippen LogP contribution < -0.4 is 19.9 Å². The minimum Gasteiger partial charge on any atom is -0.496 e. The molecule has 20 heavy (non-hydrogen) atoms. The molecule has 1 atom stereocenters. The Kier molecular flexibility index (Phi) is 4.14. The third-order valence-electron chi connectivity index (χ3n) is 2.95. The minimum atomic E-state index is -0.230. The molecule has 0 aliphatic carbocycles. The molecule has 0 radical (unpaired) electrons. The summed E-state index contributed by atoms with van der Waals surface area (Å²) < 4.78 is 21.2. The van der Waals surface area contributed by atoms with Gasteiger partial charge in [-0.1, -0.05) is 5.16 Å². The molecule has 0 saturated heterocycles. The summed E-state index contributed by atoms with van der Waals surface area (Å²) in [5.74, 6) is 2.41. The number of nitrogens with zero attached hydrogens (tertiary/aromatic N) is 1. The average molecular weight is 278 g/mol. The predicted octanol–water partition coefficient (Wildman–Crippen LogP) is 2.39. The van der Waals surface area contributed by atoms with Crippen LogP contribution >= 0.6 is 0 Å². The van der Waals surface area contributed by atoms with E-state index in [1.54, 1.807) is 39.5 Å². The molecule has 0 bridgehead atoms. The molecule has 0 amide bonds. The van der Waals surface area contributed by atoms with Gasteiger partial charge >= 0.3 is 0 Å². The fourth-order valence-corrected chi connectivity index (χ4v) is 1.88. The zero-order chi connectivity index (χ0) is 14.7. The van der Waals surface area contributed by atoms with Crippen LogP contribution in [0.2, 0.25) is 0 Å². The lowest BCUT2D eigenvalue weighted by Crippen LogP contribution is -2.02. The Balaban J connectivity index is 2.58. The van der Waals surface area contributed by atoms with Crippen molar-refractivity contribution in [3.63, 3.8) is 0 Å². The molecule has 0 aliphatic heterocycles. The fraction of sp³-hybridized carbons (Fsp3) is 0.357. The van der Waals surface area contributed by atoms with Crippen LogP contribution in [0.5, 0.6) is 17.2 Å². The highest BCUT2D eigenvalue weighted by Crippen LogP contribution is 2.41. The summed E-state index contributed by atoms with van der Waals surface area (Å²) in [5, 5.41) is 4.02. The molecule has 1 unspecified atom stereocenters. The van der Waals surface area contributed by atoms with E-state index >= 15 is 0 Å². The van der Waals surface area contributed by atoms with E-state index in [0.29, 0.717) is 34.3 Å². The topological polar surface area (TPSA) is 79.7 Å². The van der Waals surface area contributed by atoms with Crippen LogP contribution in [-0.2, 0) is 0 Å². The first kappa shape index (κ1) is 14.2. The van der Waals surface area contributed by atoms with Crippen molar-refractivity contribution >= 4 is 0 Å². The van der Waals surface area contributed by atoms with Gasteiger partial charge in [0.2, 0.25) is 0 Å². The van der Waals surface area contributed by atoms with E-state index in [9.17, 15) is 0 Å². The van der Waals surface area contributed by atoms with Gasteiger partial charge in [-0.3, -0.25) is 0 Å². The molecule has 1 heterocycles. The Hall–Kier alpha value is -2.21. The summed E-state index contributed by atoms with van der Waals surface area (Å²) in [4.78, 5) is 0. The van der Waals surface area contributed by atoms with Crippen molar-refractivity contribution in [2.45, 2.75) is 13.0 Å². The van der Waals surface area contributed by atoms with Gasteiger partial charge < -0.3 is 24.5 Å². The highest BCUT2D eigenvalue weighted by molar-refractivity contribution is 5.75. The van der Waals surface area contributed by atoms with E-state index < -0.39 is 0 Å². The summed E-state index contributed by atoms with van der Waals surface area (Å²) >= 11 is 0. The summed E-state index contributed by atoms with van der Waals surface area (Å²) in [5.41, 5.74) is 7.08. The van der Waals surface area contributed by atoms with E-state index in [-0.39, 0.29) is 6.04 Å². The lowest BCUT2D eigenvalue weighted by atomic mass is 10.1. The maximum atomic E-state index is 5.78. The zero-order valence-electron chi connectivity index (χ0n) is 12.0. The zero-order valence-corrected chi connectivity index (χ0v) is 12.0. The first-order chi connectivity index (χ1) is 9.60. The number of nitrogens with two attached hydrogens (primary N) is 1. The molecule has 0 spiro atoms. The Morgan fingerprint density at radius 1 is 1.05 bits per heavy atom. The molecule has 1 aromatic carbocycles. The van der Waals surface area contributed by atoms with Crippen molar-refractivity contribution in [2.24, 2.45) is 5.73 Å². The van der Waals surface area contributed by atoms with Gasteiger partial charge in [0.05, 0.1) is 32.9 Å². The molecule has 0 fully saturated rings. The maximum absolute atomic E-state index is 5.78. The normalized spacial score (nSPS) is 12.1. The molecule has 1 aromatic heterocycles. The highest BCUT2D eigenvalue weighted by Gasteiger charge is 2.19. The quantitative estimate of drug-likeness (QED) is 0.904. The van der Waals surface area contributed by atoms with E-state index in [1.165, 1.54) is 0 Å². The molecule has 2 rings (SSSR count). The first-order valence-electron chi connectivity index (χ1n) is 6.13. The lowest BCUT2D eigenvalue weighted by molar-refractivity contribution is 0.365. The second-order valence-electron chi connectivity index (χ2n) is 4.31. The van der Waals surface area contributed by atoms with E-state index in [2.05, 4.69) is 5.16 Å². The average Bonchev–Trinajstić information content (AvgIpc) is 2.95. The Morgan fingerprint density at radius 2 is 1.65 bits per heavy atom. The van der Waals surface area contributed by atoms with Gasteiger partial charge in [-0.2, -0.15) is 0 Å². The second kappa shape index (κ2) is 5.83. The van der Waals surface area contributed by atoms with E-state index in [1.807, 2.05) is 6.92 Å². The van der Waals surface area contributed by atoms with Gasteiger partial charge in [-0.05, 0) is 6.92 Å². The highest BCUT2D eigenvalue weighted by atomic mass is 16.5. The maximum Gasteiger partial charge on any atom is 0.153 e. The molecule has 2 N–H and O–H groups in total. The van der Waals surface area contributed by atoms with Crippen LogP contribution in [0.1, 0.15) is 18.7 Å². The van der Waals surface area contributed by atoms with Gasteiger partial charge in [0.15, 0.2) is 5.76 Å². The number of benzene rings is 1. The van der Waals surface area contributed by atoms with Crippen molar-refractivity contribution in [2.75, 3.05) is 21.3 Å². The number of ether oxygens (including phenoxy) is 3. The minimum absolute atomic E-state index is 0.230. The van der Waals surface area contributed by atoms with Gasteiger partial charge in [0, 0.05) is 18.2 Å². The van der Waals surface area contributed by atoms with Gasteiger partial charge in [0.25, 0.3) is 0 Å². The van der Waals surface area contributed by atoms with Gasteiger partial charge in [-0.15, -0.1) is 0 Å². The molecule has 0 aliphatic rings. The fourth-order valence-electron chi connectivity index (χ4n) is 1.88. The SMILES string of the molecule is COc1cc(OC)c(-c2cc(C(C)N)on2)c(OC)c1. The standard InChI is InChI=1S/C14H18N2O4/c1-8(15)11-7-10(16-20-11)14-12(18-3)5-9(17-2)6-13(14)19-4/h5-8H,15H2,1-4H3. The summed E-state index contributed by atoms with van der Waals surface area (Å²) in [6.07, 6.45) is 0. The molecule has 108 valence electrons. The van der Waals surface area contributed by atoms with Crippen molar-refractivity contribution < 1.29 is 18.7 Å². The lowest BCUT2D eigenvalue weighted by Gasteiger charge is -2.13. The largest absolute Gasteiger partial charge is 0.496 e. The van der Waals surface area contributed by atoms with Crippen molar-refractivity contribution in [1.82, 2.24) is 5.16 Å². The molecule has 6 heteroatoms. The van der Waals surface area contributed by atoms with Crippen LogP contribution in [0.25, 0.3) is 11.3 Å². The van der Waals surface area contributed by atoms with E-state index in [4.69, 9.17) is 24.5 Å². The van der Waals surface area contributed by atoms with Gasteiger partial charge in [0.1, 0.15) is 22.9 Å². The van der Waals surface area contributed by atoms with Crippen molar-refractivity contribution in [3.05, 3.63) is 24.0 Å². The molecule has 2 aromatic rings. The summed E-state index contributed by atoms with van der Waals surface area (Å²) in [6, 6.07) is 5.07. The van der Waals surface area contributed by atoms with Crippen LogP contribution in [0.15, 0.2) is 22.7 Å². The van der Waals surface area contributed by atoms with Crippen LogP contribution in [-0.4, -0.2) is 26.5 Å². The summed E-state index contributed by atoms with van der Waals surface area (Å²) in [6.45, 7) is 1.83. The number of rotatable bonds is 5. The third-order valence-corrected chi connectivity index (χ3v) is 2.95. The first-order valence-corrected chi connectivity index (χ1v) is 6.13. The monoisotopic (exact) mass is 278 g/mol. The number of methoxy groups -OCH3 is 3. The van der Waals surface area contributed by atoms with Gasteiger partial charge in [-0.25, -0.2) is 0 Å². The molecular weight excluding hydrogens is 260 g/mol. The Bertz CT molecular complexity index is 568. The van der Waals surface area contributed by atoms with E-state index in [0.717, 1.165) is 0 Å². The molecular formula is C14H18N2O4. The predicted molar refractivity (Wildman–Crippen MR) is 74.2 cm³/mol. The summed E-state index contributed by atoms with van der Waals surface area (Å²) in [7, 11) is 4.73. The van der Waals surface area contributed by atoms with Crippen molar-refractivity contribution in [3.8, 4) is 28.5 Å². The van der Waals surface area contributed by atoms with Crippen molar-refractivity contribution in [1.29, 1.82) is 0 Å². The molecule has 6 nitrogen and oxygen atoms in total. The Morgan fingerprint density at radius 3 is 2.05 bits per heavy atom. The van der Waals surface area contributed by atoms with Crippen LogP contribution in [0.4, 0.5) is 0 Å². The van der Waals surface area contributed by atoms with Crippen LogP contribution in [0, 0.1) is 0 Å². The smallest absolute Gasteiger partial charge is 0.153 e. The number of hydrogen-bond acceptors (Lipinski definition) is 6.